The summed E-state index contributed by atoms with van der Waals surface area (Å²) in [6.07, 6.45) is 6.92. The molecule has 0 saturated carbocycles. The number of nitriles is 1. The van der Waals surface area contributed by atoms with Crippen molar-refractivity contribution in [1.29, 1.82) is 5.26 Å². The van der Waals surface area contributed by atoms with Crippen LogP contribution in [0.1, 0.15) is 19.3 Å². The van der Waals surface area contributed by atoms with Crippen LogP contribution in [0.4, 0.5) is 10.1 Å². The number of aromatic nitrogens is 1. The third-order valence-corrected chi connectivity index (χ3v) is 5.39. The maximum absolute atomic E-state index is 12.3. The van der Waals surface area contributed by atoms with E-state index in [0.717, 1.165) is 30.8 Å². The Balaban J connectivity index is 1.59. The maximum Gasteiger partial charge on any atom is 0.231 e. The third kappa shape index (κ3) is 3.57. The van der Waals surface area contributed by atoms with Gasteiger partial charge in [-0.3, -0.25) is 4.79 Å². The highest BCUT2D eigenvalue weighted by molar-refractivity contribution is 7.19. The van der Waals surface area contributed by atoms with Crippen LogP contribution in [0.25, 0.3) is 0 Å². The Bertz CT molecular complexity index is 599. The SMILES string of the molecule is COC[C@H]1CCCN1c1cnc(NC(=O)C2CCN(C#N)C2)s1. The number of rotatable bonds is 5. The van der Waals surface area contributed by atoms with Crippen molar-refractivity contribution in [2.24, 2.45) is 5.92 Å². The summed E-state index contributed by atoms with van der Waals surface area (Å²) in [5.74, 6) is -0.173. The van der Waals surface area contributed by atoms with Crippen LogP contribution >= 0.6 is 11.3 Å². The Hall–Kier alpha value is -1.85. The van der Waals surface area contributed by atoms with Gasteiger partial charge in [-0.2, -0.15) is 5.26 Å². The zero-order valence-corrected chi connectivity index (χ0v) is 14.0. The molecule has 1 aromatic heterocycles. The number of methoxy groups -OCH3 is 1. The van der Waals surface area contributed by atoms with Crippen LogP contribution in [-0.4, -0.2) is 55.2 Å². The van der Waals surface area contributed by atoms with Gasteiger partial charge in [-0.1, -0.05) is 11.3 Å². The third-order valence-electron chi connectivity index (χ3n) is 4.44. The highest BCUT2D eigenvalue weighted by Crippen LogP contribution is 2.33. The quantitative estimate of drug-likeness (QED) is 0.821. The van der Waals surface area contributed by atoms with Crippen molar-refractivity contribution in [2.75, 3.05) is 43.6 Å². The lowest BCUT2D eigenvalue weighted by Gasteiger charge is -2.23. The Labute approximate surface area is 139 Å². The van der Waals surface area contributed by atoms with Crippen molar-refractivity contribution in [3.63, 3.8) is 0 Å². The molecule has 2 aliphatic heterocycles. The summed E-state index contributed by atoms with van der Waals surface area (Å²) in [6.45, 7) is 2.88. The number of hydrogen-bond donors (Lipinski definition) is 1. The van der Waals surface area contributed by atoms with Crippen LogP contribution < -0.4 is 10.2 Å². The highest BCUT2D eigenvalue weighted by atomic mass is 32.1. The second-order valence-electron chi connectivity index (χ2n) is 5.97. The van der Waals surface area contributed by atoms with Gasteiger partial charge in [-0.15, -0.1) is 0 Å². The van der Waals surface area contributed by atoms with E-state index >= 15 is 0 Å². The molecule has 1 N–H and O–H groups in total. The van der Waals surface area contributed by atoms with E-state index in [1.165, 1.54) is 11.3 Å². The summed E-state index contributed by atoms with van der Waals surface area (Å²) in [4.78, 5) is 20.5. The zero-order valence-electron chi connectivity index (χ0n) is 13.2. The lowest BCUT2D eigenvalue weighted by molar-refractivity contribution is -0.119. The van der Waals surface area contributed by atoms with E-state index in [0.29, 0.717) is 30.9 Å². The van der Waals surface area contributed by atoms with Crippen LogP contribution in [-0.2, 0) is 9.53 Å². The molecule has 1 amide bonds. The van der Waals surface area contributed by atoms with Gasteiger partial charge in [0.1, 0.15) is 5.00 Å². The van der Waals surface area contributed by atoms with Gasteiger partial charge in [-0.25, -0.2) is 4.98 Å². The maximum atomic E-state index is 12.3. The standard InChI is InChI=1S/C15H21N5O2S/c1-22-9-12-3-2-5-20(12)13-7-17-15(23-13)18-14(21)11-4-6-19(8-11)10-16/h7,11-12H,2-6,8-9H2,1H3,(H,17,18,21)/t11?,12-/m1/s1. The van der Waals surface area contributed by atoms with E-state index < -0.39 is 0 Å². The molecule has 0 radical (unpaired) electrons. The molecule has 7 nitrogen and oxygen atoms in total. The van der Waals surface area contributed by atoms with E-state index in [9.17, 15) is 4.79 Å². The molecule has 0 spiro atoms. The number of likely N-dealkylation sites (tertiary alicyclic amines) is 1. The fraction of sp³-hybridized carbons (Fsp3) is 0.667. The second kappa shape index (κ2) is 7.15. The second-order valence-corrected chi connectivity index (χ2v) is 6.98. The van der Waals surface area contributed by atoms with Crippen molar-refractivity contribution < 1.29 is 9.53 Å². The minimum atomic E-state index is -0.130. The summed E-state index contributed by atoms with van der Waals surface area (Å²) >= 11 is 1.50. The average molecular weight is 335 g/mol. The molecular weight excluding hydrogens is 314 g/mol. The Morgan fingerprint density at radius 1 is 1.57 bits per heavy atom. The number of carbonyl (C=O) groups excluding carboxylic acids is 1. The molecule has 124 valence electrons. The largest absolute Gasteiger partial charge is 0.383 e. The predicted molar refractivity (Wildman–Crippen MR) is 88.3 cm³/mol. The summed E-state index contributed by atoms with van der Waals surface area (Å²) in [7, 11) is 1.72. The Morgan fingerprint density at radius 2 is 2.43 bits per heavy atom. The molecule has 2 aliphatic rings. The summed E-state index contributed by atoms with van der Waals surface area (Å²) < 4.78 is 5.28. The van der Waals surface area contributed by atoms with E-state index in [-0.39, 0.29) is 11.8 Å². The molecule has 2 saturated heterocycles. The summed E-state index contributed by atoms with van der Waals surface area (Å²) in [5, 5.41) is 13.5. The average Bonchev–Trinajstić information content (AvgIpc) is 3.27. The minimum absolute atomic E-state index is 0.0430. The molecule has 1 aromatic rings. The molecule has 1 unspecified atom stereocenters. The van der Waals surface area contributed by atoms with Crippen LogP contribution in [0.5, 0.6) is 0 Å². The van der Waals surface area contributed by atoms with Crippen molar-refractivity contribution in [2.45, 2.75) is 25.3 Å². The van der Waals surface area contributed by atoms with Gasteiger partial charge in [0, 0.05) is 26.7 Å². The normalized spacial score (nSPS) is 24.0. The van der Waals surface area contributed by atoms with E-state index in [4.69, 9.17) is 10.00 Å². The van der Waals surface area contributed by atoms with Crippen LogP contribution in [0.15, 0.2) is 6.20 Å². The molecule has 3 heterocycles. The lowest BCUT2D eigenvalue weighted by atomic mass is 10.1. The van der Waals surface area contributed by atoms with Gasteiger partial charge in [-0.05, 0) is 19.3 Å². The van der Waals surface area contributed by atoms with Gasteiger partial charge >= 0.3 is 0 Å². The number of thiazole rings is 1. The topological polar surface area (TPSA) is 81.5 Å². The molecule has 0 aliphatic carbocycles. The number of anilines is 2. The van der Waals surface area contributed by atoms with E-state index in [1.807, 2.05) is 6.20 Å². The summed E-state index contributed by atoms with van der Waals surface area (Å²) in [6, 6.07) is 0.392. The number of amides is 1. The zero-order chi connectivity index (χ0) is 16.2. The lowest BCUT2D eigenvalue weighted by Crippen LogP contribution is -2.32. The molecular formula is C15H21N5O2S. The highest BCUT2D eigenvalue weighted by Gasteiger charge is 2.29. The molecule has 8 heteroatoms. The fourth-order valence-corrected chi connectivity index (χ4v) is 4.14. The molecule has 2 atom stereocenters. The Morgan fingerprint density at radius 3 is 3.17 bits per heavy atom. The first-order valence-corrected chi connectivity index (χ1v) is 8.70. The molecule has 0 bridgehead atoms. The number of hydrogen-bond acceptors (Lipinski definition) is 7. The molecule has 0 aromatic carbocycles. The van der Waals surface area contributed by atoms with Gasteiger partial charge < -0.3 is 19.9 Å². The number of carbonyl (C=O) groups is 1. The van der Waals surface area contributed by atoms with Crippen molar-refractivity contribution in [3.8, 4) is 6.19 Å². The summed E-state index contributed by atoms with van der Waals surface area (Å²) in [5.41, 5.74) is 0. The monoisotopic (exact) mass is 335 g/mol. The first-order valence-electron chi connectivity index (χ1n) is 7.88. The van der Waals surface area contributed by atoms with Gasteiger partial charge in [0.15, 0.2) is 11.3 Å². The van der Waals surface area contributed by atoms with Crippen molar-refractivity contribution in [3.05, 3.63) is 6.20 Å². The number of ether oxygens (including phenoxy) is 1. The number of nitrogens with one attached hydrogen (secondary N) is 1. The minimum Gasteiger partial charge on any atom is -0.383 e. The molecule has 2 fully saturated rings. The van der Waals surface area contributed by atoms with Crippen LogP contribution in [0.2, 0.25) is 0 Å². The van der Waals surface area contributed by atoms with E-state index in [1.54, 1.807) is 12.0 Å². The van der Waals surface area contributed by atoms with Gasteiger partial charge in [0.05, 0.1) is 24.8 Å². The molecule has 23 heavy (non-hydrogen) atoms. The van der Waals surface area contributed by atoms with Crippen LogP contribution in [0, 0.1) is 17.4 Å². The first-order chi connectivity index (χ1) is 11.2. The first kappa shape index (κ1) is 16.0. The fourth-order valence-electron chi connectivity index (χ4n) is 3.22. The molecule has 3 rings (SSSR count). The number of nitrogens with zero attached hydrogens (tertiary/aromatic N) is 4. The van der Waals surface area contributed by atoms with Crippen molar-refractivity contribution >= 4 is 27.4 Å². The van der Waals surface area contributed by atoms with E-state index in [2.05, 4.69) is 21.4 Å². The van der Waals surface area contributed by atoms with Gasteiger partial charge in [0.25, 0.3) is 0 Å². The Kier molecular flexibility index (Phi) is 4.98. The van der Waals surface area contributed by atoms with Crippen molar-refractivity contribution in [1.82, 2.24) is 9.88 Å². The van der Waals surface area contributed by atoms with Crippen LogP contribution in [0.3, 0.4) is 0 Å². The van der Waals surface area contributed by atoms with Gasteiger partial charge in [0.2, 0.25) is 5.91 Å². The smallest absolute Gasteiger partial charge is 0.231 e. The predicted octanol–water partition coefficient (Wildman–Crippen LogP) is 1.50.